The van der Waals surface area contributed by atoms with Crippen molar-refractivity contribution in [3.8, 4) is 0 Å². The van der Waals surface area contributed by atoms with Crippen molar-refractivity contribution in [3.63, 3.8) is 0 Å². The van der Waals surface area contributed by atoms with E-state index in [4.69, 9.17) is 0 Å². The van der Waals surface area contributed by atoms with Crippen LogP contribution in [0.3, 0.4) is 0 Å². The summed E-state index contributed by atoms with van der Waals surface area (Å²) in [7, 11) is 0. The average Bonchev–Trinajstić information content (AvgIpc) is 2.18. The van der Waals surface area contributed by atoms with Crippen LogP contribution in [0.25, 0.3) is 0 Å². The van der Waals surface area contributed by atoms with Gasteiger partial charge in [-0.25, -0.2) is 0 Å². The highest BCUT2D eigenvalue weighted by Crippen LogP contribution is 2.06. The lowest BCUT2D eigenvalue weighted by Gasteiger charge is -2.00. The third-order valence-electron chi connectivity index (χ3n) is 1.99. The highest BCUT2D eigenvalue weighted by atomic mass is 32.2. The van der Waals surface area contributed by atoms with Gasteiger partial charge in [0.2, 0.25) is 0 Å². The molecule has 0 N–H and O–H groups in total. The largest absolute Gasteiger partial charge is 0.298 e. The first-order valence-corrected chi connectivity index (χ1v) is 6.03. The van der Waals surface area contributed by atoms with E-state index in [1.54, 1.807) is 11.8 Å². The molecule has 0 heterocycles. The van der Waals surface area contributed by atoms with Gasteiger partial charge in [-0.15, -0.1) is 0 Å². The Morgan fingerprint density at radius 2 is 1.93 bits per heavy atom. The van der Waals surface area contributed by atoms with Crippen molar-refractivity contribution >= 4 is 17.5 Å². The number of ketones is 1. The Balaban J connectivity index is 2.44. The van der Waals surface area contributed by atoms with Gasteiger partial charge in [-0.1, -0.05) is 36.8 Å². The van der Waals surface area contributed by atoms with Gasteiger partial charge >= 0.3 is 0 Å². The fourth-order valence-electron chi connectivity index (χ4n) is 1.20. The molecule has 1 aromatic carbocycles. The van der Waals surface area contributed by atoms with Crippen LogP contribution in [0, 0.1) is 6.92 Å². The summed E-state index contributed by atoms with van der Waals surface area (Å²) in [5.41, 5.74) is 2.36. The quantitative estimate of drug-likeness (QED) is 0.740. The van der Waals surface area contributed by atoms with Gasteiger partial charge in [0.25, 0.3) is 0 Å². The highest BCUT2D eigenvalue weighted by molar-refractivity contribution is 7.99. The molecule has 1 aromatic rings. The third-order valence-corrected chi connectivity index (χ3v) is 2.92. The predicted molar refractivity (Wildman–Crippen MR) is 62.9 cm³/mol. The molecule has 0 amide bonds. The van der Waals surface area contributed by atoms with Crippen molar-refractivity contribution < 1.29 is 4.79 Å². The van der Waals surface area contributed by atoms with Crippen molar-refractivity contribution in [2.24, 2.45) is 0 Å². The van der Waals surface area contributed by atoms with Gasteiger partial charge in [0.1, 0.15) is 5.78 Å². The minimum absolute atomic E-state index is 0.320. The average molecular weight is 208 g/mol. The maximum absolute atomic E-state index is 11.4. The standard InChI is InChI=1S/C12H16OS/c1-3-14-9-12(13)8-11-6-4-10(2)5-7-11/h4-7H,3,8-9H2,1-2H3. The molecule has 0 fully saturated rings. The minimum Gasteiger partial charge on any atom is -0.298 e. The monoisotopic (exact) mass is 208 g/mol. The molecule has 0 atom stereocenters. The molecular weight excluding hydrogens is 192 g/mol. The van der Waals surface area contributed by atoms with Crippen LogP contribution in [0.5, 0.6) is 0 Å². The molecule has 1 nitrogen and oxygen atoms in total. The summed E-state index contributed by atoms with van der Waals surface area (Å²) in [5, 5.41) is 0. The van der Waals surface area contributed by atoms with E-state index in [2.05, 4.69) is 26.0 Å². The number of aryl methyl sites for hydroxylation is 1. The maximum atomic E-state index is 11.4. The number of hydrogen-bond donors (Lipinski definition) is 0. The number of hydrogen-bond acceptors (Lipinski definition) is 2. The molecule has 0 unspecified atom stereocenters. The van der Waals surface area contributed by atoms with Crippen molar-refractivity contribution in [1.82, 2.24) is 0 Å². The first-order valence-electron chi connectivity index (χ1n) is 4.87. The summed E-state index contributed by atoms with van der Waals surface area (Å²) >= 11 is 1.69. The molecule has 0 aromatic heterocycles. The number of carbonyl (C=O) groups excluding carboxylic acids is 1. The van der Waals surface area contributed by atoms with E-state index in [-0.39, 0.29) is 0 Å². The molecule has 76 valence electrons. The van der Waals surface area contributed by atoms with Gasteiger partial charge in [0.05, 0.1) is 5.75 Å². The van der Waals surface area contributed by atoms with E-state index in [9.17, 15) is 4.79 Å². The lowest BCUT2D eigenvalue weighted by atomic mass is 10.1. The molecule has 14 heavy (non-hydrogen) atoms. The Bertz CT molecular complexity index is 290. The van der Waals surface area contributed by atoms with E-state index in [0.29, 0.717) is 18.0 Å². The van der Waals surface area contributed by atoms with Crippen molar-refractivity contribution in [3.05, 3.63) is 35.4 Å². The highest BCUT2D eigenvalue weighted by Gasteiger charge is 2.02. The normalized spacial score (nSPS) is 10.1. The number of benzene rings is 1. The van der Waals surface area contributed by atoms with Gasteiger partial charge in [-0.3, -0.25) is 4.79 Å². The zero-order chi connectivity index (χ0) is 10.4. The number of thioether (sulfide) groups is 1. The van der Waals surface area contributed by atoms with Crippen LogP contribution in [0.1, 0.15) is 18.1 Å². The van der Waals surface area contributed by atoms with E-state index < -0.39 is 0 Å². The van der Waals surface area contributed by atoms with Crippen molar-refractivity contribution in [2.75, 3.05) is 11.5 Å². The summed E-state index contributed by atoms with van der Waals surface area (Å²) in [5.74, 6) is 1.98. The zero-order valence-electron chi connectivity index (χ0n) is 8.75. The number of carbonyl (C=O) groups is 1. The molecule has 0 radical (unpaired) electrons. The lowest BCUT2D eigenvalue weighted by molar-refractivity contribution is -0.116. The SMILES string of the molecule is CCSCC(=O)Cc1ccc(C)cc1. The van der Waals surface area contributed by atoms with Crippen LogP contribution in [0.4, 0.5) is 0 Å². The Morgan fingerprint density at radius 3 is 2.50 bits per heavy atom. The molecule has 0 aliphatic rings. The molecule has 1 rings (SSSR count). The van der Waals surface area contributed by atoms with Gasteiger partial charge in [0.15, 0.2) is 0 Å². The molecule has 0 saturated carbocycles. The summed E-state index contributed by atoms with van der Waals surface area (Å²) < 4.78 is 0. The summed E-state index contributed by atoms with van der Waals surface area (Å²) in [4.78, 5) is 11.4. The Morgan fingerprint density at radius 1 is 1.29 bits per heavy atom. The Labute approximate surface area is 89.9 Å². The van der Waals surface area contributed by atoms with E-state index >= 15 is 0 Å². The van der Waals surface area contributed by atoms with Crippen molar-refractivity contribution in [2.45, 2.75) is 20.3 Å². The Hall–Kier alpha value is -0.760. The van der Waals surface area contributed by atoms with Crippen LogP contribution < -0.4 is 0 Å². The van der Waals surface area contributed by atoms with Crippen LogP contribution in [-0.2, 0) is 11.2 Å². The second kappa shape index (κ2) is 5.86. The van der Waals surface area contributed by atoms with E-state index in [1.807, 2.05) is 12.1 Å². The second-order valence-electron chi connectivity index (χ2n) is 3.34. The maximum Gasteiger partial charge on any atom is 0.147 e. The molecule has 2 heteroatoms. The number of Topliss-reactive ketones (excluding diaryl/α,β-unsaturated/α-hetero) is 1. The van der Waals surface area contributed by atoms with E-state index in [0.717, 1.165) is 11.3 Å². The van der Waals surface area contributed by atoms with Crippen LogP contribution in [-0.4, -0.2) is 17.3 Å². The summed E-state index contributed by atoms with van der Waals surface area (Å²) in [6.45, 7) is 4.13. The fraction of sp³-hybridized carbons (Fsp3) is 0.417. The van der Waals surface area contributed by atoms with Gasteiger partial charge in [-0.05, 0) is 18.2 Å². The second-order valence-corrected chi connectivity index (χ2v) is 4.61. The van der Waals surface area contributed by atoms with E-state index in [1.165, 1.54) is 5.56 Å². The molecule has 0 saturated heterocycles. The van der Waals surface area contributed by atoms with Crippen LogP contribution in [0.15, 0.2) is 24.3 Å². The molecule has 0 aliphatic heterocycles. The smallest absolute Gasteiger partial charge is 0.147 e. The topological polar surface area (TPSA) is 17.1 Å². The van der Waals surface area contributed by atoms with Crippen LogP contribution >= 0.6 is 11.8 Å². The molecule has 0 spiro atoms. The summed E-state index contributed by atoms with van der Waals surface area (Å²) in [6.07, 6.45) is 0.577. The molecule has 0 bridgehead atoms. The predicted octanol–water partition coefficient (Wildman–Crippen LogP) is 2.86. The zero-order valence-corrected chi connectivity index (χ0v) is 9.56. The van der Waals surface area contributed by atoms with Gasteiger partial charge in [0, 0.05) is 6.42 Å². The Kier molecular flexibility index (Phi) is 4.74. The van der Waals surface area contributed by atoms with Crippen LogP contribution in [0.2, 0.25) is 0 Å². The number of rotatable bonds is 5. The van der Waals surface area contributed by atoms with Crippen molar-refractivity contribution in [1.29, 1.82) is 0 Å². The molecular formula is C12H16OS. The molecule has 0 aliphatic carbocycles. The third kappa shape index (κ3) is 3.97. The lowest BCUT2D eigenvalue weighted by Crippen LogP contribution is -2.05. The van der Waals surface area contributed by atoms with Gasteiger partial charge < -0.3 is 0 Å². The first-order chi connectivity index (χ1) is 6.72. The minimum atomic E-state index is 0.320. The fourth-order valence-corrected chi connectivity index (χ4v) is 1.73. The van der Waals surface area contributed by atoms with Gasteiger partial charge in [-0.2, -0.15) is 11.8 Å². The first kappa shape index (κ1) is 11.3. The summed E-state index contributed by atoms with van der Waals surface area (Å²) in [6, 6.07) is 8.17.